The summed E-state index contributed by atoms with van der Waals surface area (Å²) < 4.78 is 0. The van der Waals surface area contributed by atoms with Gasteiger partial charge in [0.05, 0.1) is 0 Å². The number of nitrogens with zero attached hydrogens (tertiary/aromatic N) is 1. The van der Waals surface area contributed by atoms with Crippen molar-refractivity contribution in [1.82, 2.24) is 5.32 Å². The maximum atomic E-state index is 11.0. The molecular formula is C13H23N3O2. The minimum absolute atomic E-state index is 0.101. The lowest BCUT2D eigenvalue weighted by atomic mass is 9.65. The highest BCUT2D eigenvalue weighted by Gasteiger charge is 2.47. The third-order valence-corrected chi connectivity index (χ3v) is 5.41. The van der Waals surface area contributed by atoms with Gasteiger partial charge in [-0.1, -0.05) is 12.8 Å². The first kappa shape index (κ1) is 12.4. The fourth-order valence-electron chi connectivity index (χ4n) is 4.43. The Hall–Kier alpha value is -0.680. The smallest absolute Gasteiger partial charge is 0.213 e. The second kappa shape index (κ2) is 4.78. The van der Waals surface area contributed by atoms with E-state index >= 15 is 0 Å². The zero-order chi connectivity index (χ0) is 12.7. The second-order valence-electron chi connectivity index (χ2n) is 6.32. The van der Waals surface area contributed by atoms with E-state index in [4.69, 9.17) is 5.73 Å². The predicted molar refractivity (Wildman–Crippen MR) is 68.8 cm³/mol. The summed E-state index contributed by atoms with van der Waals surface area (Å²) in [5.41, 5.74) is 6.44. The maximum absolute atomic E-state index is 11.0. The van der Waals surface area contributed by atoms with E-state index in [1.165, 1.54) is 25.7 Å². The Balaban J connectivity index is 1.73. The SMILES string of the molecule is NC1C2CCCCC2NC2CCC([N+](=O)[O-])CC21. The highest BCUT2D eigenvalue weighted by atomic mass is 16.6. The molecule has 1 heterocycles. The van der Waals surface area contributed by atoms with Gasteiger partial charge in [0.15, 0.2) is 0 Å². The number of nitrogens with two attached hydrogens (primary N) is 1. The van der Waals surface area contributed by atoms with Crippen LogP contribution in [0, 0.1) is 22.0 Å². The molecule has 5 nitrogen and oxygen atoms in total. The number of hydrogen-bond donors (Lipinski definition) is 2. The summed E-state index contributed by atoms with van der Waals surface area (Å²) in [7, 11) is 0. The number of fused-ring (bicyclic) bond motifs is 2. The van der Waals surface area contributed by atoms with Gasteiger partial charge in [-0.2, -0.15) is 0 Å². The molecule has 1 aliphatic heterocycles. The van der Waals surface area contributed by atoms with E-state index < -0.39 is 0 Å². The summed E-state index contributed by atoms with van der Waals surface area (Å²) in [6.45, 7) is 0. The van der Waals surface area contributed by atoms with Crippen molar-refractivity contribution in [1.29, 1.82) is 0 Å². The van der Waals surface area contributed by atoms with Crippen LogP contribution in [0.25, 0.3) is 0 Å². The maximum Gasteiger partial charge on any atom is 0.213 e. The molecule has 0 amide bonds. The van der Waals surface area contributed by atoms with Gasteiger partial charge in [0.2, 0.25) is 6.04 Å². The monoisotopic (exact) mass is 253 g/mol. The van der Waals surface area contributed by atoms with Gasteiger partial charge >= 0.3 is 0 Å². The van der Waals surface area contributed by atoms with Crippen LogP contribution >= 0.6 is 0 Å². The van der Waals surface area contributed by atoms with E-state index in [0.29, 0.717) is 36.8 Å². The van der Waals surface area contributed by atoms with Crippen LogP contribution in [0.3, 0.4) is 0 Å². The molecule has 0 aromatic carbocycles. The van der Waals surface area contributed by atoms with E-state index in [1.807, 2.05) is 0 Å². The lowest BCUT2D eigenvalue weighted by Crippen LogP contribution is -2.64. The largest absolute Gasteiger partial charge is 0.327 e. The second-order valence-corrected chi connectivity index (χ2v) is 6.32. The summed E-state index contributed by atoms with van der Waals surface area (Å²) in [6.07, 6.45) is 7.32. The zero-order valence-corrected chi connectivity index (χ0v) is 10.8. The number of piperidine rings is 1. The third kappa shape index (κ3) is 2.03. The summed E-state index contributed by atoms with van der Waals surface area (Å²) in [5.74, 6) is 0.860. The Morgan fingerprint density at radius 3 is 2.56 bits per heavy atom. The first-order valence-electron chi connectivity index (χ1n) is 7.32. The minimum atomic E-state index is -0.362. The molecule has 102 valence electrons. The molecule has 0 aromatic heterocycles. The lowest BCUT2D eigenvalue weighted by Gasteiger charge is -2.50. The van der Waals surface area contributed by atoms with E-state index in [-0.39, 0.29) is 17.0 Å². The molecule has 3 rings (SSSR count). The normalized spacial score (nSPS) is 48.1. The van der Waals surface area contributed by atoms with E-state index in [9.17, 15) is 10.1 Å². The molecule has 2 aliphatic carbocycles. The molecule has 1 saturated heterocycles. The molecule has 0 radical (unpaired) electrons. The van der Waals surface area contributed by atoms with Crippen molar-refractivity contribution in [2.24, 2.45) is 17.6 Å². The number of hydrogen-bond acceptors (Lipinski definition) is 4. The molecule has 6 atom stereocenters. The van der Waals surface area contributed by atoms with E-state index in [0.717, 1.165) is 6.42 Å². The fourth-order valence-corrected chi connectivity index (χ4v) is 4.43. The summed E-state index contributed by atoms with van der Waals surface area (Å²) in [6, 6.07) is 0.807. The Morgan fingerprint density at radius 2 is 1.78 bits per heavy atom. The minimum Gasteiger partial charge on any atom is -0.327 e. The molecule has 3 aliphatic rings. The highest BCUT2D eigenvalue weighted by Crippen LogP contribution is 2.40. The molecule has 0 bridgehead atoms. The molecule has 0 aromatic rings. The predicted octanol–water partition coefficient (Wildman–Crippen LogP) is 1.29. The fraction of sp³-hybridized carbons (Fsp3) is 1.00. The average Bonchev–Trinajstić information content (AvgIpc) is 2.38. The topological polar surface area (TPSA) is 81.2 Å². The summed E-state index contributed by atoms with van der Waals surface area (Å²) in [4.78, 5) is 10.9. The first-order chi connectivity index (χ1) is 8.66. The van der Waals surface area contributed by atoms with Gasteiger partial charge in [-0.15, -0.1) is 0 Å². The van der Waals surface area contributed by atoms with Crippen molar-refractivity contribution in [2.45, 2.75) is 69.1 Å². The van der Waals surface area contributed by atoms with Crippen LogP contribution in [0.5, 0.6) is 0 Å². The van der Waals surface area contributed by atoms with Crippen LogP contribution in [-0.4, -0.2) is 29.1 Å². The first-order valence-corrected chi connectivity index (χ1v) is 7.32. The Labute approximate surface area is 108 Å². The van der Waals surface area contributed by atoms with Gasteiger partial charge in [-0.25, -0.2) is 0 Å². The van der Waals surface area contributed by atoms with Gasteiger partial charge < -0.3 is 11.1 Å². The lowest BCUT2D eigenvalue weighted by molar-refractivity contribution is -0.528. The van der Waals surface area contributed by atoms with Crippen molar-refractivity contribution in [2.75, 3.05) is 0 Å². The molecule has 5 heteroatoms. The van der Waals surface area contributed by atoms with Crippen LogP contribution in [0.15, 0.2) is 0 Å². The quantitative estimate of drug-likeness (QED) is 0.545. The third-order valence-electron chi connectivity index (χ3n) is 5.41. The molecule has 2 saturated carbocycles. The molecule has 18 heavy (non-hydrogen) atoms. The molecule has 0 spiro atoms. The van der Waals surface area contributed by atoms with Crippen molar-refractivity contribution in [3.8, 4) is 0 Å². The Kier molecular flexibility index (Phi) is 3.28. The van der Waals surface area contributed by atoms with Gasteiger partial charge in [-0.3, -0.25) is 10.1 Å². The number of nitro groups is 1. The van der Waals surface area contributed by atoms with Crippen molar-refractivity contribution in [3.63, 3.8) is 0 Å². The zero-order valence-electron chi connectivity index (χ0n) is 10.8. The molecule has 3 N–H and O–H groups in total. The van der Waals surface area contributed by atoms with Crippen LogP contribution in [0.1, 0.15) is 44.9 Å². The van der Waals surface area contributed by atoms with Crippen LogP contribution in [0.4, 0.5) is 0 Å². The standard InChI is InChI=1S/C13H23N3O2/c14-13-9-3-1-2-4-11(9)15-12-6-5-8(16(17)18)7-10(12)13/h8-13,15H,1-7,14H2. The van der Waals surface area contributed by atoms with Crippen LogP contribution in [0.2, 0.25) is 0 Å². The van der Waals surface area contributed by atoms with Crippen molar-refractivity contribution < 1.29 is 4.92 Å². The molecule has 3 fully saturated rings. The van der Waals surface area contributed by atoms with Crippen LogP contribution in [-0.2, 0) is 0 Å². The van der Waals surface area contributed by atoms with E-state index in [1.54, 1.807) is 0 Å². The summed E-state index contributed by atoms with van der Waals surface area (Å²) >= 11 is 0. The van der Waals surface area contributed by atoms with E-state index in [2.05, 4.69) is 5.32 Å². The van der Waals surface area contributed by atoms with Gasteiger partial charge in [-0.05, 0) is 31.1 Å². The van der Waals surface area contributed by atoms with Crippen molar-refractivity contribution >= 4 is 0 Å². The Morgan fingerprint density at radius 1 is 1.06 bits per heavy atom. The van der Waals surface area contributed by atoms with Gasteiger partial charge in [0.25, 0.3) is 0 Å². The van der Waals surface area contributed by atoms with Crippen molar-refractivity contribution in [3.05, 3.63) is 10.1 Å². The average molecular weight is 253 g/mol. The number of nitrogens with one attached hydrogen (secondary N) is 1. The van der Waals surface area contributed by atoms with Crippen LogP contribution < -0.4 is 11.1 Å². The van der Waals surface area contributed by atoms with Gasteiger partial charge in [0, 0.05) is 35.9 Å². The number of rotatable bonds is 1. The molecular weight excluding hydrogens is 230 g/mol. The highest BCUT2D eigenvalue weighted by molar-refractivity contribution is 5.03. The summed E-state index contributed by atoms with van der Waals surface area (Å²) in [5, 5.41) is 14.7. The molecule has 6 unspecified atom stereocenters. The van der Waals surface area contributed by atoms with Gasteiger partial charge in [0.1, 0.15) is 0 Å². The Bertz CT molecular complexity index is 336.